The van der Waals surface area contributed by atoms with Crippen molar-refractivity contribution in [2.75, 3.05) is 6.61 Å². The van der Waals surface area contributed by atoms with Gasteiger partial charge in [-0.05, 0) is 35.7 Å². The third-order valence-electron chi connectivity index (χ3n) is 3.45. The second-order valence-electron chi connectivity index (χ2n) is 4.73. The van der Waals surface area contributed by atoms with Crippen molar-refractivity contribution in [1.29, 1.82) is 0 Å². The van der Waals surface area contributed by atoms with E-state index in [1.807, 2.05) is 6.07 Å². The Morgan fingerprint density at radius 3 is 2.86 bits per heavy atom. The molecular weight excluding hydrogens is 318 g/mol. The molecule has 21 heavy (non-hydrogen) atoms. The van der Waals surface area contributed by atoms with Crippen molar-refractivity contribution in [2.45, 2.75) is 19.0 Å². The second-order valence-corrected chi connectivity index (χ2v) is 6.28. The first-order valence-electron chi connectivity index (χ1n) is 6.37. The normalized spacial score (nSPS) is 17.8. The first kappa shape index (κ1) is 14.6. The van der Waals surface area contributed by atoms with Crippen LogP contribution in [0, 0.1) is 0 Å². The molecule has 2 aromatic rings. The Morgan fingerprint density at radius 1 is 1.33 bits per heavy atom. The summed E-state index contributed by atoms with van der Waals surface area (Å²) in [5, 5.41) is 0.536. The van der Waals surface area contributed by atoms with Crippen LogP contribution in [-0.2, 0) is 11.2 Å². The molecule has 0 saturated heterocycles. The van der Waals surface area contributed by atoms with E-state index in [0.717, 1.165) is 28.9 Å². The Bertz CT molecular complexity index is 684. The van der Waals surface area contributed by atoms with E-state index in [-0.39, 0.29) is 9.75 Å². The van der Waals surface area contributed by atoms with Crippen LogP contribution in [0.15, 0.2) is 24.3 Å². The fourth-order valence-corrected chi connectivity index (χ4v) is 3.59. The lowest BCUT2D eigenvalue weighted by Gasteiger charge is -2.26. The molecule has 0 aliphatic carbocycles. The number of ether oxygens (including phenoxy) is 1. The number of rotatable bonds is 3. The van der Waals surface area contributed by atoms with Gasteiger partial charge in [-0.25, -0.2) is 8.78 Å². The molecule has 1 atom stereocenters. The fourth-order valence-electron chi connectivity index (χ4n) is 2.54. The van der Waals surface area contributed by atoms with E-state index in [1.54, 1.807) is 12.1 Å². The number of hydrogen-bond donors (Lipinski definition) is 0. The molecule has 3 rings (SSSR count). The molecule has 0 saturated carbocycles. The summed E-state index contributed by atoms with van der Waals surface area (Å²) in [4.78, 5) is 11.0. The SMILES string of the molecule is O=Cc1cc(C2OCCc3ccc(Cl)cc32)c(C(F)F)s1. The summed E-state index contributed by atoms with van der Waals surface area (Å²) in [6.07, 6.45) is -1.92. The highest BCUT2D eigenvalue weighted by atomic mass is 35.5. The second kappa shape index (κ2) is 5.83. The maximum absolute atomic E-state index is 13.2. The molecule has 1 aliphatic heterocycles. The number of halogens is 3. The monoisotopic (exact) mass is 328 g/mol. The molecule has 1 aromatic carbocycles. The average Bonchev–Trinajstić information content (AvgIpc) is 2.91. The Morgan fingerprint density at radius 2 is 2.14 bits per heavy atom. The van der Waals surface area contributed by atoms with E-state index >= 15 is 0 Å². The van der Waals surface area contributed by atoms with Gasteiger partial charge in [-0.15, -0.1) is 11.3 Å². The van der Waals surface area contributed by atoms with Crippen LogP contribution in [0.25, 0.3) is 0 Å². The predicted octanol–water partition coefficient (Wildman–Crippen LogP) is 4.81. The van der Waals surface area contributed by atoms with Crippen LogP contribution in [0.3, 0.4) is 0 Å². The van der Waals surface area contributed by atoms with Gasteiger partial charge in [-0.3, -0.25) is 4.79 Å². The number of benzene rings is 1. The standard InChI is InChI=1S/C15H11ClF2O2S/c16-9-2-1-8-3-4-20-13(11(8)5-9)12-6-10(7-19)21-14(12)15(17)18/h1-2,5-7,13,15H,3-4H2. The largest absolute Gasteiger partial charge is 0.368 e. The van der Waals surface area contributed by atoms with Gasteiger partial charge in [0.15, 0.2) is 6.29 Å². The van der Waals surface area contributed by atoms with Gasteiger partial charge < -0.3 is 4.74 Å². The number of aldehydes is 1. The summed E-state index contributed by atoms with van der Waals surface area (Å²) >= 11 is 6.82. The topological polar surface area (TPSA) is 26.3 Å². The highest BCUT2D eigenvalue weighted by Crippen LogP contribution is 2.41. The molecule has 0 bridgehead atoms. The third-order valence-corrected chi connectivity index (χ3v) is 4.77. The van der Waals surface area contributed by atoms with E-state index in [4.69, 9.17) is 16.3 Å². The number of fused-ring (bicyclic) bond motifs is 1. The van der Waals surface area contributed by atoms with Crippen LogP contribution in [0.1, 0.15) is 43.8 Å². The van der Waals surface area contributed by atoms with Gasteiger partial charge in [-0.2, -0.15) is 0 Å². The van der Waals surface area contributed by atoms with Crippen molar-refractivity contribution >= 4 is 29.2 Å². The minimum absolute atomic E-state index is 0.116. The summed E-state index contributed by atoms with van der Waals surface area (Å²) < 4.78 is 32.1. The summed E-state index contributed by atoms with van der Waals surface area (Å²) in [5.74, 6) is 0. The molecule has 0 radical (unpaired) electrons. The minimum Gasteiger partial charge on any atom is -0.368 e. The van der Waals surface area contributed by atoms with Gasteiger partial charge in [0.2, 0.25) is 0 Å². The van der Waals surface area contributed by atoms with Crippen LogP contribution in [0.5, 0.6) is 0 Å². The van der Waals surface area contributed by atoms with Crippen LogP contribution in [-0.4, -0.2) is 12.9 Å². The zero-order valence-electron chi connectivity index (χ0n) is 10.8. The maximum atomic E-state index is 13.2. The molecule has 2 nitrogen and oxygen atoms in total. The fraction of sp³-hybridized carbons (Fsp3) is 0.267. The summed E-state index contributed by atoms with van der Waals surface area (Å²) in [5.41, 5.74) is 2.20. The molecule has 0 fully saturated rings. The minimum atomic E-state index is -2.63. The first-order chi connectivity index (χ1) is 10.1. The van der Waals surface area contributed by atoms with Crippen LogP contribution in [0.4, 0.5) is 8.78 Å². The summed E-state index contributed by atoms with van der Waals surface area (Å²) in [7, 11) is 0. The molecule has 0 N–H and O–H groups in total. The molecule has 6 heteroatoms. The average molecular weight is 329 g/mol. The smallest absolute Gasteiger partial charge is 0.273 e. The van der Waals surface area contributed by atoms with E-state index in [2.05, 4.69) is 0 Å². The maximum Gasteiger partial charge on any atom is 0.273 e. The molecular formula is C15H11ClF2O2S. The summed E-state index contributed by atoms with van der Waals surface area (Å²) in [6.45, 7) is 0.453. The van der Waals surface area contributed by atoms with Crippen LogP contribution in [0.2, 0.25) is 5.02 Å². The van der Waals surface area contributed by atoms with E-state index in [9.17, 15) is 13.6 Å². The summed E-state index contributed by atoms with van der Waals surface area (Å²) in [6, 6.07) is 6.90. The van der Waals surface area contributed by atoms with Gasteiger partial charge in [0.25, 0.3) is 6.43 Å². The first-order valence-corrected chi connectivity index (χ1v) is 7.56. The lowest BCUT2D eigenvalue weighted by Crippen LogP contribution is -2.17. The number of carbonyl (C=O) groups is 1. The Labute approximate surface area is 129 Å². The van der Waals surface area contributed by atoms with E-state index < -0.39 is 12.5 Å². The highest BCUT2D eigenvalue weighted by molar-refractivity contribution is 7.13. The van der Waals surface area contributed by atoms with Gasteiger partial charge in [-0.1, -0.05) is 17.7 Å². The molecule has 0 spiro atoms. The van der Waals surface area contributed by atoms with Crippen molar-refractivity contribution in [3.05, 3.63) is 55.7 Å². The number of alkyl halides is 2. The van der Waals surface area contributed by atoms with Crippen LogP contribution >= 0.6 is 22.9 Å². The van der Waals surface area contributed by atoms with Crippen molar-refractivity contribution in [1.82, 2.24) is 0 Å². The van der Waals surface area contributed by atoms with E-state index in [1.165, 1.54) is 6.07 Å². The molecule has 1 aliphatic rings. The quantitative estimate of drug-likeness (QED) is 0.755. The third kappa shape index (κ3) is 2.73. The van der Waals surface area contributed by atoms with Gasteiger partial charge in [0, 0.05) is 10.6 Å². The van der Waals surface area contributed by atoms with Crippen LogP contribution < -0.4 is 0 Å². The van der Waals surface area contributed by atoms with Crippen molar-refractivity contribution in [2.24, 2.45) is 0 Å². The molecule has 2 heterocycles. The Kier molecular flexibility index (Phi) is 4.06. The zero-order valence-corrected chi connectivity index (χ0v) is 12.4. The van der Waals surface area contributed by atoms with E-state index in [0.29, 0.717) is 23.5 Å². The Hall–Kier alpha value is -1.30. The Balaban J connectivity index is 2.12. The molecule has 0 amide bonds. The molecule has 110 valence electrons. The van der Waals surface area contributed by atoms with Gasteiger partial charge in [0.1, 0.15) is 6.10 Å². The molecule has 1 unspecified atom stereocenters. The van der Waals surface area contributed by atoms with Gasteiger partial charge in [0.05, 0.1) is 16.4 Å². The predicted molar refractivity (Wildman–Crippen MR) is 77.6 cm³/mol. The molecule has 1 aromatic heterocycles. The van der Waals surface area contributed by atoms with Gasteiger partial charge >= 0.3 is 0 Å². The van der Waals surface area contributed by atoms with Crippen molar-refractivity contribution < 1.29 is 18.3 Å². The lowest BCUT2D eigenvalue weighted by molar-refractivity contribution is 0.0661. The zero-order chi connectivity index (χ0) is 15.0. The number of thiophene rings is 1. The van der Waals surface area contributed by atoms with Crippen molar-refractivity contribution in [3.8, 4) is 0 Å². The number of hydrogen-bond acceptors (Lipinski definition) is 3. The van der Waals surface area contributed by atoms with Crippen molar-refractivity contribution in [3.63, 3.8) is 0 Å². The number of carbonyl (C=O) groups excluding carboxylic acids is 1. The highest BCUT2D eigenvalue weighted by Gasteiger charge is 2.29. The lowest BCUT2D eigenvalue weighted by atomic mass is 9.93.